The molecule has 3 nitrogen and oxygen atoms in total. The standard InChI is InChI=1S/C16H12ClN3/c1-10-12(4-3-5-13(10)17)16-19-14-8-11(9-18)6-7-15(14)20(16)2/h3-8H,1-2H3. The van der Waals surface area contributed by atoms with E-state index in [4.69, 9.17) is 16.9 Å². The third-order valence-electron chi connectivity index (χ3n) is 3.52. The van der Waals surface area contributed by atoms with Crippen molar-refractivity contribution in [2.75, 3.05) is 0 Å². The molecule has 20 heavy (non-hydrogen) atoms. The highest BCUT2D eigenvalue weighted by atomic mass is 35.5. The second-order valence-electron chi connectivity index (χ2n) is 4.72. The molecule has 0 fully saturated rings. The van der Waals surface area contributed by atoms with E-state index in [1.54, 1.807) is 12.1 Å². The minimum atomic E-state index is 0.616. The minimum Gasteiger partial charge on any atom is -0.327 e. The fourth-order valence-corrected chi connectivity index (χ4v) is 2.53. The van der Waals surface area contributed by atoms with Crippen molar-refractivity contribution >= 4 is 22.6 Å². The number of benzene rings is 2. The first kappa shape index (κ1) is 12.7. The van der Waals surface area contributed by atoms with E-state index in [-0.39, 0.29) is 0 Å². The zero-order valence-corrected chi connectivity index (χ0v) is 11.9. The van der Waals surface area contributed by atoms with Crippen molar-refractivity contribution in [2.24, 2.45) is 7.05 Å². The normalized spacial score (nSPS) is 10.7. The van der Waals surface area contributed by atoms with Crippen LogP contribution in [0, 0.1) is 18.3 Å². The summed E-state index contributed by atoms with van der Waals surface area (Å²) in [5.41, 5.74) is 4.45. The lowest BCUT2D eigenvalue weighted by atomic mass is 10.1. The van der Waals surface area contributed by atoms with Gasteiger partial charge in [-0.2, -0.15) is 5.26 Å². The van der Waals surface area contributed by atoms with Crippen molar-refractivity contribution in [1.29, 1.82) is 5.26 Å². The van der Waals surface area contributed by atoms with Crippen LogP contribution in [0.1, 0.15) is 11.1 Å². The minimum absolute atomic E-state index is 0.616. The molecule has 2 aromatic carbocycles. The summed E-state index contributed by atoms with van der Waals surface area (Å²) in [6.07, 6.45) is 0. The quantitative estimate of drug-likeness (QED) is 0.674. The van der Waals surface area contributed by atoms with Crippen molar-refractivity contribution in [3.8, 4) is 17.5 Å². The molecular formula is C16H12ClN3. The van der Waals surface area contributed by atoms with Crippen LogP contribution in [0.5, 0.6) is 0 Å². The maximum absolute atomic E-state index is 8.97. The highest BCUT2D eigenvalue weighted by Gasteiger charge is 2.13. The molecule has 3 rings (SSSR count). The molecule has 0 saturated heterocycles. The zero-order valence-electron chi connectivity index (χ0n) is 11.2. The number of fused-ring (bicyclic) bond motifs is 1. The topological polar surface area (TPSA) is 41.6 Å². The summed E-state index contributed by atoms with van der Waals surface area (Å²) in [6, 6.07) is 13.5. The molecule has 0 radical (unpaired) electrons. The van der Waals surface area contributed by atoms with E-state index in [9.17, 15) is 0 Å². The summed E-state index contributed by atoms with van der Waals surface area (Å²) < 4.78 is 2.02. The molecule has 3 aromatic rings. The van der Waals surface area contributed by atoms with Gasteiger partial charge in [-0.15, -0.1) is 0 Å². The van der Waals surface area contributed by atoms with Crippen LogP contribution in [-0.2, 0) is 7.05 Å². The summed E-state index contributed by atoms with van der Waals surface area (Å²) >= 11 is 6.18. The Balaban J connectivity index is 2.30. The summed E-state index contributed by atoms with van der Waals surface area (Å²) in [5.74, 6) is 0.857. The van der Waals surface area contributed by atoms with Crippen LogP contribution >= 0.6 is 11.6 Å². The molecule has 98 valence electrons. The highest BCUT2D eigenvalue weighted by molar-refractivity contribution is 6.31. The Morgan fingerprint density at radius 1 is 1.25 bits per heavy atom. The molecule has 0 saturated carbocycles. The maximum atomic E-state index is 8.97. The number of halogens is 1. The number of rotatable bonds is 1. The first-order valence-electron chi connectivity index (χ1n) is 6.24. The Bertz CT molecular complexity index is 856. The zero-order chi connectivity index (χ0) is 14.3. The number of aryl methyl sites for hydroxylation is 1. The van der Waals surface area contributed by atoms with E-state index >= 15 is 0 Å². The van der Waals surface area contributed by atoms with Gasteiger partial charge >= 0.3 is 0 Å². The van der Waals surface area contributed by atoms with Crippen LogP contribution in [0.25, 0.3) is 22.4 Å². The van der Waals surface area contributed by atoms with Gasteiger partial charge in [0.2, 0.25) is 0 Å². The number of hydrogen-bond acceptors (Lipinski definition) is 2. The molecule has 4 heteroatoms. The molecule has 0 bridgehead atoms. The van der Waals surface area contributed by atoms with Gasteiger partial charge in [0.1, 0.15) is 5.82 Å². The van der Waals surface area contributed by atoms with E-state index in [0.29, 0.717) is 5.56 Å². The van der Waals surface area contributed by atoms with E-state index in [2.05, 4.69) is 11.1 Å². The molecule has 0 aliphatic carbocycles. The van der Waals surface area contributed by atoms with Gasteiger partial charge in [0.25, 0.3) is 0 Å². The van der Waals surface area contributed by atoms with Crippen LogP contribution in [0.3, 0.4) is 0 Å². The lowest BCUT2D eigenvalue weighted by Gasteiger charge is -2.07. The fourth-order valence-electron chi connectivity index (χ4n) is 2.36. The van der Waals surface area contributed by atoms with Crippen molar-refractivity contribution in [1.82, 2.24) is 9.55 Å². The first-order valence-corrected chi connectivity index (χ1v) is 6.61. The van der Waals surface area contributed by atoms with Crippen molar-refractivity contribution in [3.05, 3.63) is 52.5 Å². The second kappa shape index (κ2) is 4.66. The van der Waals surface area contributed by atoms with Crippen molar-refractivity contribution in [2.45, 2.75) is 6.92 Å². The number of aromatic nitrogens is 2. The van der Waals surface area contributed by atoms with Gasteiger partial charge in [-0.3, -0.25) is 0 Å². The summed E-state index contributed by atoms with van der Waals surface area (Å²) in [7, 11) is 1.97. The van der Waals surface area contributed by atoms with Gasteiger partial charge in [0.05, 0.1) is 22.7 Å². The molecule has 0 spiro atoms. The van der Waals surface area contributed by atoms with Gasteiger partial charge in [0.15, 0.2) is 0 Å². The number of hydrogen-bond donors (Lipinski definition) is 0. The average molecular weight is 282 g/mol. The summed E-state index contributed by atoms with van der Waals surface area (Å²) in [5, 5.41) is 9.70. The molecule has 0 aliphatic rings. The van der Waals surface area contributed by atoms with Crippen LogP contribution in [0.2, 0.25) is 5.02 Å². The second-order valence-corrected chi connectivity index (χ2v) is 5.13. The Hall–Kier alpha value is -2.31. The van der Waals surface area contributed by atoms with Crippen molar-refractivity contribution < 1.29 is 0 Å². The van der Waals surface area contributed by atoms with Gasteiger partial charge < -0.3 is 4.57 Å². The number of nitrogens with zero attached hydrogens (tertiary/aromatic N) is 3. The Labute approximate surface area is 122 Å². The molecule has 0 N–H and O–H groups in total. The lowest BCUT2D eigenvalue weighted by molar-refractivity contribution is 0.957. The van der Waals surface area contributed by atoms with E-state index in [1.165, 1.54) is 0 Å². The maximum Gasteiger partial charge on any atom is 0.141 e. The molecule has 0 amide bonds. The van der Waals surface area contributed by atoms with Crippen molar-refractivity contribution in [3.63, 3.8) is 0 Å². The van der Waals surface area contributed by atoms with E-state index < -0.39 is 0 Å². The van der Waals surface area contributed by atoms with Gasteiger partial charge in [0, 0.05) is 17.6 Å². The Morgan fingerprint density at radius 2 is 2.05 bits per heavy atom. The molecular weight excluding hydrogens is 270 g/mol. The van der Waals surface area contributed by atoms with Gasteiger partial charge in [-0.1, -0.05) is 23.7 Å². The third kappa shape index (κ3) is 1.86. The van der Waals surface area contributed by atoms with Crippen LogP contribution in [0.4, 0.5) is 0 Å². The number of nitriles is 1. The molecule has 1 heterocycles. The summed E-state index contributed by atoms with van der Waals surface area (Å²) in [4.78, 5) is 4.65. The van der Waals surface area contributed by atoms with E-state index in [0.717, 1.165) is 33.0 Å². The van der Waals surface area contributed by atoms with Gasteiger partial charge in [-0.25, -0.2) is 4.98 Å². The van der Waals surface area contributed by atoms with Gasteiger partial charge in [-0.05, 0) is 36.8 Å². The fraction of sp³-hybridized carbons (Fsp3) is 0.125. The van der Waals surface area contributed by atoms with Crippen LogP contribution < -0.4 is 0 Å². The predicted molar refractivity (Wildman–Crippen MR) is 80.6 cm³/mol. The van der Waals surface area contributed by atoms with Crippen LogP contribution in [-0.4, -0.2) is 9.55 Å². The molecule has 0 unspecified atom stereocenters. The monoisotopic (exact) mass is 281 g/mol. The lowest BCUT2D eigenvalue weighted by Crippen LogP contribution is -1.94. The molecule has 0 aliphatic heterocycles. The SMILES string of the molecule is Cc1c(Cl)cccc1-c1nc2cc(C#N)ccc2n1C. The third-order valence-corrected chi connectivity index (χ3v) is 3.93. The van der Waals surface area contributed by atoms with E-state index in [1.807, 2.05) is 42.8 Å². The smallest absolute Gasteiger partial charge is 0.141 e. The number of imidazole rings is 1. The largest absolute Gasteiger partial charge is 0.327 e. The molecule has 0 atom stereocenters. The average Bonchev–Trinajstić information content (AvgIpc) is 2.78. The Morgan fingerprint density at radius 3 is 2.80 bits per heavy atom. The highest BCUT2D eigenvalue weighted by Crippen LogP contribution is 2.30. The van der Waals surface area contributed by atoms with Crippen LogP contribution in [0.15, 0.2) is 36.4 Å². The predicted octanol–water partition coefficient (Wildman–Crippen LogP) is 4.07. The Kier molecular flexibility index (Phi) is 2.96. The first-order chi connectivity index (χ1) is 9.61. The molecule has 1 aromatic heterocycles. The summed E-state index contributed by atoms with van der Waals surface area (Å²) in [6.45, 7) is 1.98.